The summed E-state index contributed by atoms with van der Waals surface area (Å²) in [5.74, 6) is 1.71. The van der Waals surface area contributed by atoms with Crippen LogP contribution in [0.2, 0.25) is 0 Å². The van der Waals surface area contributed by atoms with E-state index in [9.17, 15) is 0 Å². The summed E-state index contributed by atoms with van der Waals surface area (Å²) in [6.45, 7) is 10.7. The van der Waals surface area contributed by atoms with Gasteiger partial charge in [-0.1, -0.05) is 26.7 Å². The second-order valence-corrected chi connectivity index (χ2v) is 8.09. The van der Waals surface area contributed by atoms with Crippen molar-refractivity contribution in [3.63, 3.8) is 0 Å². The highest BCUT2D eigenvalue weighted by atomic mass is 15.3. The van der Waals surface area contributed by atoms with Crippen LogP contribution in [0.4, 0.5) is 0 Å². The monoisotopic (exact) mass is 293 g/mol. The van der Waals surface area contributed by atoms with Gasteiger partial charge in [-0.3, -0.25) is 9.80 Å². The molecule has 3 aliphatic rings. The molecule has 0 bridgehead atoms. The molecule has 3 fully saturated rings. The number of nitrogens with zero attached hydrogens (tertiary/aromatic N) is 2. The first kappa shape index (κ1) is 15.8. The molecule has 1 heterocycles. The molecule has 0 amide bonds. The zero-order chi connectivity index (χ0) is 14.9. The van der Waals surface area contributed by atoms with Crippen LogP contribution in [0.1, 0.15) is 58.8 Å². The zero-order valence-corrected chi connectivity index (χ0v) is 14.2. The maximum Gasteiger partial charge on any atom is 0.0335 e. The van der Waals surface area contributed by atoms with Gasteiger partial charge in [-0.2, -0.15) is 0 Å². The molecule has 0 radical (unpaired) electrons. The average molecular weight is 293 g/mol. The van der Waals surface area contributed by atoms with Crippen LogP contribution < -0.4 is 5.73 Å². The van der Waals surface area contributed by atoms with Gasteiger partial charge in [-0.15, -0.1) is 0 Å². The first-order valence-corrected chi connectivity index (χ1v) is 9.34. The van der Waals surface area contributed by atoms with Crippen LogP contribution in [0.25, 0.3) is 0 Å². The molecule has 122 valence electrons. The van der Waals surface area contributed by atoms with Crippen LogP contribution in [0.15, 0.2) is 0 Å². The predicted molar refractivity (Wildman–Crippen MR) is 89.4 cm³/mol. The molecule has 0 spiro atoms. The first-order valence-electron chi connectivity index (χ1n) is 9.34. The topological polar surface area (TPSA) is 32.5 Å². The predicted octanol–water partition coefficient (Wildman–Crippen LogP) is 2.70. The van der Waals surface area contributed by atoms with Gasteiger partial charge in [-0.25, -0.2) is 0 Å². The maximum absolute atomic E-state index is 6.28. The Hall–Kier alpha value is -0.120. The minimum absolute atomic E-state index is 0.313. The summed E-state index contributed by atoms with van der Waals surface area (Å²) in [7, 11) is 0. The van der Waals surface area contributed by atoms with E-state index in [1.807, 2.05) is 0 Å². The fourth-order valence-electron chi connectivity index (χ4n) is 5.12. The van der Waals surface area contributed by atoms with Crippen molar-refractivity contribution in [1.29, 1.82) is 0 Å². The van der Waals surface area contributed by atoms with Gasteiger partial charge in [0, 0.05) is 44.3 Å². The molecule has 1 saturated heterocycles. The highest BCUT2D eigenvalue weighted by molar-refractivity contribution is 4.99. The molecule has 0 aromatic rings. The quantitative estimate of drug-likeness (QED) is 0.868. The van der Waals surface area contributed by atoms with E-state index in [-0.39, 0.29) is 0 Å². The van der Waals surface area contributed by atoms with Crippen molar-refractivity contribution < 1.29 is 0 Å². The smallest absolute Gasteiger partial charge is 0.0335 e. The average Bonchev–Trinajstić information content (AvgIpc) is 3.05. The summed E-state index contributed by atoms with van der Waals surface area (Å²) in [6, 6.07) is 0.895. The van der Waals surface area contributed by atoms with Crippen LogP contribution in [0.5, 0.6) is 0 Å². The molecular weight excluding hydrogens is 258 g/mol. The molecule has 0 aromatic carbocycles. The minimum Gasteiger partial charge on any atom is -0.329 e. The summed E-state index contributed by atoms with van der Waals surface area (Å²) < 4.78 is 0. The van der Waals surface area contributed by atoms with Crippen molar-refractivity contribution in [1.82, 2.24) is 9.80 Å². The Morgan fingerprint density at radius 2 is 1.62 bits per heavy atom. The highest BCUT2D eigenvalue weighted by Gasteiger charge is 2.42. The Morgan fingerprint density at radius 1 is 0.952 bits per heavy atom. The second-order valence-electron chi connectivity index (χ2n) is 8.09. The number of nitrogens with two attached hydrogens (primary N) is 1. The van der Waals surface area contributed by atoms with Crippen LogP contribution >= 0.6 is 0 Å². The van der Waals surface area contributed by atoms with Crippen molar-refractivity contribution in [2.75, 3.05) is 32.7 Å². The highest BCUT2D eigenvalue weighted by Crippen LogP contribution is 2.40. The summed E-state index contributed by atoms with van der Waals surface area (Å²) >= 11 is 0. The second kappa shape index (κ2) is 6.55. The minimum atomic E-state index is 0.313. The third kappa shape index (κ3) is 3.16. The van der Waals surface area contributed by atoms with E-state index in [1.54, 1.807) is 0 Å². The SMILES string of the molecule is CC1CCC(CN)(N2CCN(C3CCCC3)CC2)CC1C. The summed E-state index contributed by atoms with van der Waals surface area (Å²) in [4.78, 5) is 5.53. The van der Waals surface area contributed by atoms with Gasteiger partial charge >= 0.3 is 0 Å². The summed E-state index contributed by atoms with van der Waals surface area (Å²) in [6.07, 6.45) is 9.78. The zero-order valence-electron chi connectivity index (χ0n) is 14.2. The Labute approximate surface area is 131 Å². The molecule has 1 aliphatic heterocycles. The van der Waals surface area contributed by atoms with Crippen molar-refractivity contribution >= 4 is 0 Å². The molecule has 0 aromatic heterocycles. The first-order chi connectivity index (χ1) is 10.1. The van der Waals surface area contributed by atoms with Gasteiger partial charge in [-0.05, 0) is 43.9 Å². The van der Waals surface area contributed by atoms with E-state index in [1.165, 1.54) is 71.1 Å². The fourth-order valence-corrected chi connectivity index (χ4v) is 5.12. The molecule has 2 N–H and O–H groups in total. The lowest BCUT2D eigenvalue weighted by Crippen LogP contribution is -2.62. The maximum atomic E-state index is 6.28. The Bertz CT molecular complexity index is 331. The molecule has 3 heteroatoms. The molecule has 3 rings (SSSR count). The lowest BCUT2D eigenvalue weighted by molar-refractivity contribution is -0.0188. The van der Waals surface area contributed by atoms with Crippen LogP contribution in [0, 0.1) is 11.8 Å². The van der Waals surface area contributed by atoms with Crippen molar-refractivity contribution in [3.05, 3.63) is 0 Å². The van der Waals surface area contributed by atoms with E-state index < -0.39 is 0 Å². The Balaban J connectivity index is 1.59. The number of piperazine rings is 1. The van der Waals surface area contributed by atoms with Gasteiger partial charge in [0.2, 0.25) is 0 Å². The van der Waals surface area contributed by atoms with E-state index in [2.05, 4.69) is 23.6 Å². The number of hydrogen-bond acceptors (Lipinski definition) is 3. The third-order valence-electron chi connectivity index (χ3n) is 6.94. The van der Waals surface area contributed by atoms with Crippen molar-refractivity contribution in [2.24, 2.45) is 17.6 Å². The van der Waals surface area contributed by atoms with Crippen molar-refractivity contribution in [3.8, 4) is 0 Å². The number of rotatable bonds is 3. The molecule has 3 atom stereocenters. The van der Waals surface area contributed by atoms with E-state index >= 15 is 0 Å². The largest absolute Gasteiger partial charge is 0.329 e. The van der Waals surface area contributed by atoms with Gasteiger partial charge in [0.15, 0.2) is 0 Å². The van der Waals surface area contributed by atoms with Gasteiger partial charge in [0.05, 0.1) is 0 Å². The molecular formula is C18H35N3. The molecule has 2 saturated carbocycles. The third-order valence-corrected chi connectivity index (χ3v) is 6.94. The fraction of sp³-hybridized carbons (Fsp3) is 1.00. The summed E-state index contributed by atoms with van der Waals surface area (Å²) in [5, 5.41) is 0. The summed E-state index contributed by atoms with van der Waals surface area (Å²) in [5.41, 5.74) is 6.59. The molecule has 21 heavy (non-hydrogen) atoms. The number of hydrogen-bond donors (Lipinski definition) is 1. The lowest BCUT2D eigenvalue weighted by Gasteiger charge is -2.52. The Morgan fingerprint density at radius 3 is 2.19 bits per heavy atom. The normalized spacial score (nSPS) is 40.7. The van der Waals surface area contributed by atoms with Gasteiger partial charge in [0.25, 0.3) is 0 Å². The Kier molecular flexibility index (Phi) is 4.92. The van der Waals surface area contributed by atoms with Crippen LogP contribution in [-0.2, 0) is 0 Å². The van der Waals surface area contributed by atoms with Gasteiger partial charge < -0.3 is 5.73 Å². The van der Waals surface area contributed by atoms with E-state index in [4.69, 9.17) is 5.73 Å². The van der Waals surface area contributed by atoms with Crippen molar-refractivity contribution in [2.45, 2.75) is 70.4 Å². The lowest BCUT2D eigenvalue weighted by atomic mass is 9.70. The molecule has 2 aliphatic carbocycles. The van der Waals surface area contributed by atoms with Gasteiger partial charge in [0.1, 0.15) is 0 Å². The van der Waals surface area contributed by atoms with E-state index in [0.717, 1.165) is 24.4 Å². The standard InChI is InChI=1S/C18H35N3/c1-15-7-8-18(14-19,13-16(15)2)21-11-9-20(10-12-21)17-5-3-4-6-17/h15-17H,3-14,19H2,1-2H3. The van der Waals surface area contributed by atoms with Crippen LogP contribution in [0.3, 0.4) is 0 Å². The van der Waals surface area contributed by atoms with E-state index in [0.29, 0.717) is 5.54 Å². The molecule has 3 unspecified atom stereocenters. The van der Waals surface area contributed by atoms with Crippen LogP contribution in [-0.4, -0.2) is 54.1 Å². The molecule has 3 nitrogen and oxygen atoms in total.